The van der Waals surface area contributed by atoms with Crippen molar-refractivity contribution in [2.45, 2.75) is 90.9 Å². The normalized spacial score (nSPS) is 25.7. The third-order valence-corrected chi connectivity index (χ3v) is 8.49. The fraction of sp³-hybridized carbons (Fsp3) is 0.556. The molecule has 2 saturated heterocycles. The number of likely N-dealkylation sites (tertiary alicyclic amines) is 2. The van der Waals surface area contributed by atoms with Gasteiger partial charge in [-0.3, -0.25) is 9.80 Å². The summed E-state index contributed by atoms with van der Waals surface area (Å²) in [5.41, 5.74) is 0.745. The summed E-state index contributed by atoms with van der Waals surface area (Å²) in [6.07, 6.45) is 1.13. The zero-order valence-electron chi connectivity index (χ0n) is 27.6. The Hall–Kier alpha value is -4.08. The van der Waals surface area contributed by atoms with Gasteiger partial charge in [-0.2, -0.15) is 0 Å². The summed E-state index contributed by atoms with van der Waals surface area (Å²) in [5, 5.41) is 0. The highest BCUT2D eigenvalue weighted by Gasteiger charge is 2.59. The van der Waals surface area contributed by atoms with Gasteiger partial charge in [-0.25, -0.2) is 19.2 Å². The number of hydrogen-bond donors (Lipinski definition) is 0. The maximum Gasteiger partial charge on any atom is 0.411 e. The minimum absolute atomic E-state index is 0.228. The summed E-state index contributed by atoms with van der Waals surface area (Å²) in [7, 11) is 0. The molecule has 0 radical (unpaired) electrons. The van der Waals surface area contributed by atoms with Crippen molar-refractivity contribution in [1.82, 2.24) is 9.80 Å². The Morgan fingerprint density at radius 3 is 1.28 bits per heavy atom. The van der Waals surface area contributed by atoms with Crippen LogP contribution < -0.4 is 0 Å². The van der Waals surface area contributed by atoms with Crippen molar-refractivity contribution in [3.8, 4) is 0 Å². The first-order chi connectivity index (χ1) is 21.7. The van der Waals surface area contributed by atoms with E-state index in [4.69, 9.17) is 18.9 Å². The van der Waals surface area contributed by atoms with Crippen LogP contribution >= 0.6 is 0 Å². The van der Waals surface area contributed by atoms with Gasteiger partial charge in [0.25, 0.3) is 0 Å². The van der Waals surface area contributed by atoms with Gasteiger partial charge in [0.2, 0.25) is 0 Å². The molecule has 0 bridgehead atoms. The van der Waals surface area contributed by atoms with Gasteiger partial charge < -0.3 is 18.9 Å². The standard InChI is InChI=1S/2C18H23NO4/c2*1-18(2,3)23-17(21)19-10-13-9-14(13)15(19)16(20)22-11-12-7-5-4-6-8-12/h2*4-8,13-15H,9-11H2,1-3H3/t13-,14-,15+;13-,14-,15-/m01/s1. The molecule has 6 atom stereocenters. The molecule has 0 unspecified atom stereocenters. The van der Waals surface area contributed by atoms with E-state index in [1.54, 1.807) is 0 Å². The Labute approximate surface area is 271 Å². The van der Waals surface area contributed by atoms with Crippen molar-refractivity contribution in [2.75, 3.05) is 13.1 Å². The van der Waals surface area contributed by atoms with Crippen molar-refractivity contribution >= 4 is 24.1 Å². The second-order valence-electron chi connectivity index (χ2n) is 14.7. The van der Waals surface area contributed by atoms with E-state index in [0.717, 1.165) is 24.0 Å². The highest BCUT2D eigenvalue weighted by Crippen LogP contribution is 2.51. The molecule has 4 aliphatic rings. The van der Waals surface area contributed by atoms with E-state index in [0.29, 0.717) is 24.9 Å². The third kappa shape index (κ3) is 8.59. The average Bonchev–Trinajstić information content (AvgIpc) is 3.87. The lowest BCUT2D eigenvalue weighted by molar-refractivity contribution is -0.151. The Morgan fingerprint density at radius 1 is 0.609 bits per heavy atom. The van der Waals surface area contributed by atoms with Gasteiger partial charge in [-0.05, 0) is 89.2 Å². The number of carbonyl (C=O) groups is 4. The van der Waals surface area contributed by atoms with Gasteiger partial charge in [-0.1, -0.05) is 60.7 Å². The van der Waals surface area contributed by atoms with Crippen LogP contribution in [0.15, 0.2) is 60.7 Å². The van der Waals surface area contributed by atoms with Crippen LogP contribution in [0.3, 0.4) is 0 Å². The number of nitrogens with zero attached hydrogens (tertiary/aromatic N) is 2. The van der Waals surface area contributed by atoms with Crippen LogP contribution in [0, 0.1) is 23.7 Å². The maximum atomic E-state index is 12.5. The molecule has 2 saturated carbocycles. The molecule has 2 aliphatic heterocycles. The molecule has 10 nitrogen and oxygen atoms in total. The number of ether oxygens (including phenoxy) is 4. The molecule has 2 aliphatic carbocycles. The summed E-state index contributed by atoms with van der Waals surface area (Å²) in [6, 6.07) is 18.1. The van der Waals surface area contributed by atoms with Crippen LogP contribution in [0.4, 0.5) is 9.59 Å². The Balaban J connectivity index is 0.000000181. The van der Waals surface area contributed by atoms with E-state index in [-0.39, 0.29) is 37.0 Å². The molecule has 2 aromatic rings. The minimum atomic E-state index is -0.567. The first-order valence-corrected chi connectivity index (χ1v) is 16.1. The molecule has 10 heteroatoms. The second kappa shape index (κ2) is 13.3. The topological polar surface area (TPSA) is 112 Å². The van der Waals surface area contributed by atoms with Gasteiger partial charge >= 0.3 is 24.1 Å². The largest absolute Gasteiger partial charge is 0.459 e. The van der Waals surface area contributed by atoms with E-state index in [1.807, 2.05) is 102 Å². The SMILES string of the molecule is CC(C)(C)OC(=O)N1C[C@@H]2C[C@@H]2[C@@H]1C(=O)OCc1ccccc1.CC(C)(C)OC(=O)N1C[C@H]2C[C@H]2[C@@H]1C(=O)OCc1ccccc1. The minimum Gasteiger partial charge on any atom is -0.459 e. The number of amides is 2. The fourth-order valence-electron chi connectivity index (χ4n) is 6.18. The van der Waals surface area contributed by atoms with E-state index < -0.39 is 35.5 Å². The number of esters is 2. The highest BCUT2D eigenvalue weighted by molar-refractivity contribution is 5.84. The molecule has 2 aromatic carbocycles. The monoisotopic (exact) mass is 634 g/mol. The van der Waals surface area contributed by atoms with Gasteiger partial charge in [0.05, 0.1) is 0 Å². The predicted octanol–water partition coefficient (Wildman–Crippen LogP) is 5.97. The lowest BCUT2D eigenvalue weighted by Gasteiger charge is -2.29. The lowest BCUT2D eigenvalue weighted by atomic mass is 10.2. The summed E-state index contributed by atoms with van der Waals surface area (Å²) in [5.74, 6) is 0.625. The summed E-state index contributed by atoms with van der Waals surface area (Å²) >= 11 is 0. The van der Waals surface area contributed by atoms with E-state index in [1.165, 1.54) is 9.80 Å². The predicted molar refractivity (Wildman–Crippen MR) is 169 cm³/mol. The first-order valence-electron chi connectivity index (χ1n) is 16.1. The molecular weight excluding hydrogens is 588 g/mol. The summed E-state index contributed by atoms with van der Waals surface area (Å²) < 4.78 is 21.7. The van der Waals surface area contributed by atoms with Crippen molar-refractivity contribution in [1.29, 1.82) is 0 Å². The molecule has 2 amide bonds. The first kappa shape index (κ1) is 33.3. The molecule has 46 heavy (non-hydrogen) atoms. The van der Waals surface area contributed by atoms with Gasteiger partial charge in [0.15, 0.2) is 0 Å². The van der Waals surface area contributed by atoms with Crippen molar-refractivity contribution in [2.24, 2.45) is 23.7 Å². The number of rotatable bonds is 6. The Bertz CT molecular complexity index is 1290. The Kier molecular flexibility index (Phi) is 9.65. The molecule has 0 N–H and O–H groups in total. The van der Waals surface area contributed by atoms with E-state index in [9.17, 15) is 19.2 Å². The third-order valence-electron chi connectivity index (χ3n) is 8.49. The molecular formula is C36H46N2O8. The smallest absolute Gasteiger partial charge is 0.411 e. The van der Waals surface area contributed by atoms with E-state index >= 15 is 0 Å². The molecule has 4 fully saturated rings. The van der Waals surface area contributed by atoms with Crippen LogP contribution in [-0.4, -0.2) is 70.3 Å². The van der Waals surface area contributed by atoms with Crippen LogP contribution in [0.1, 0.15) is 65.5 Å². The lowest BCUT2D eigenvalue weighted by Crippen LogP contribution is -2.46. The molecule has 0 aromatic heterocycles. The van der Waals surface area contributed by atoms with Crippen LogP contribution in [0.5, 0.6) is 0 Å². The summed E-state index contributed by atoms with van der Waals surface area (Å²) in [6.45, 7) is 12.6. The van der Waals surface area contributed by atoms with Gasteiger partial charge in [0, 0.05) is 13.1 Å². The Morgan fingerprint density at radius 2 is 0.957 bits per heavy atom. The van der Waals surface area contributed by atoms with Crippen molar-refractivity contribution in [3.05, 3.63) is 71.8 Å². The average molecular weight is 635 g/mol. The van der Waals surface area contributed by atoms with Crippen molar-refractivity contribution in [3.63, 3.8) is 0 Å². The molecule has 248 valence electrons. The maximum absolute atomic E-state index is 12.5. The number of piperidine rings is 2. The van der Waals surface area contributed by atoms with Gasteiger partial charge in [0.1, 0.15) is 36.5 Å². The van der Waals surface area contributed by atoms with Crippen LogP contribution in [-0.2, 0) is 41.8 Å². The molecule has 0 spiro atoms. The zero-order valence-corrected chi connectivity index (χ0v) is 27.6. The zero-order chi connectivity index (χ0) is 33.2. The highest BCUT2D eigenvalue weighted by atomic mass is 16.6. The number of hydrogen-bond acceptors (Lipinski definition) is 8. The van der Waals surface area contributed by atoms with Crippen LogP contribution in [0.25, 0.3) is 0 Å². The number of fused-ring (bicyclic) bond motifs is 2. The van der Waals surface area contributed by atoms with Crippen LogP contribution in [0.2, 0.25) is 0 Å². The van der Waals surface area contributed by atoms with E-state index in [2.05, 4.69) is 0 Å². The number of benzene rings is 2. The summed E-state index contributed by atoms with van der Waals surface area (Å²) in [4.78, 5) is 52.6. The van der Waals surface area contributed by atoms with Crippen molar-refractivity contribution < 1.29 is 38.1 Å². The number of carbonyl (C=O) groups excluding carboxylic acids is 4. The molecule has 2 heterocycles. The second-order valence-corrected chi connectivity index (χ2v) is 14.7. The quantitative estimate of drug-likeness (QED) is 0.282. The fourth-order valence-corrected chi connectivity index (χ4v) is 6.18. The van der Waals surface area contributed by atoms with Gasteiger partial charge in [-0.15, -0.1) is 0 Å². The molecule has 6 rings (SSSR count).